The fourth-order valence-electron chi connectivity index (χ4n) is 2.15. The van der Waals surface area contributed by atoms with Gasteiger partial charge in [-0.05, 0) is 46.5 Å². The number of nitrogens with zero attached hydrogens (tertiary/aromatic N) is 2. The molecule has 1 atom stereocenters. The molecule has 2 rings (SSSR count). The minimum atomic E-state index is -0.405. The molecule has 0 fully saturated rings. The predicted octanol–water partition coefficient (Wildman–Crippen LogP) is 3.77. The Balaban J connectivity index is 2.05. The third-order valence-corrected chi connectivity index (χ3v) is 4.45. The van der Waals surface area contributed by atoms with Gasteiger partial charge in [0.25, 0.3) is 0 Å². The Kier molecular flexibility index (Phi) is 5.42. The van der Waals surface area contributed by atoms with Crippen LogP contribution in [0.15, 0.2) is 28.7 Å². The van der Waals surface area contributed by atoms with Crippen LogP contribution in [-0.4, -0.2) is 14.9 Å². The molecule has 0 radical (unpaired) electrons. The fraction of sp³-hybridized carbons (Fsp3) is 0.438. The molecule has 0 saturated heterocycles. The van der Waals surface area contributed by atoms with Crippen molar-refractivity contribution in [2.75, 3.05) is 0 Å². The molecule has 2 aromatic rings. The second-order valence-electron chi connectivity index (χ2n) is 4.97. The Hall–Kier alpha value is -1.33. The van der Waals surface area contributed by atoms with Gasteiger partial charge in [0.2, 0.25) is 0 Å². The summed E-state index contributed by atoms with van der Waals surface area (Å²) in [6, 6.07) is 7.58. The monoisotopic (exact) mass is 352 g/mol. The van der Waals surface area contributed by atoms with Crippen LogP contribution in [0.3, 0.4) is 0 Å². The minimum absolute atomic E-state index is 0.405. The quantitative estimate of drug-likeness (QED) is 0.860. The van der Waals surface area contributed by atoms with E-state index in [1.807, 2.05) is 42.9 Å². The maximum absolute atomic E-state index is 9.77. The molecule has 1 heterocycles. The van der Waals surface area contributed by atoms with Crippen LogP contribution in [0, 0.1) is 0 Å². The zero-order chi connectivity index (χ0) is 15.4. The van der Waals surface area contributed by atoms with Gasteiger partial charge in [-0.1, -0.05) is 26.0 Å². The summed E-state index contributed by atoms with van der Waals surface area (Å²) in [6.07, 6.45) is 1.19. The number of halogens is 1. The van der Waals surface area contributed by atoms with E-state index < -0.39 is 6.10 Å². The van der Waals surface area contributed by atoms with Gasteiger partial charge in [-0.15, -0.1) is 0 Å². The first kappa shape index (κ1) is 16.0. The van der Waals surface area contributed by atoms with E-state index in [0.717, 1.165) is 33.6 Å². The Labute approximate surface area is 133 Å². The van der Waals surface area contributed by atoms with E-state index in [-0.39, 0.29) is 0 Å². The lowest BCUT2D eigenvalue weighted by Gasteiger charge is -2.10. The average Bonchev–Trinajstić information content (AvgIpc) is 2.79. The van der Waals surface area contributed by atoms with Gasteiger partial charge in [0.15, 0.2) is 0 Å². The van der Waals surface area contributed by atoms with Crippen LogP contribution >= 0.6 is 15.9 Å². The number of aliphatic hydroxyl groups excluding tert-OH is 1. The van der Waals surface area contributed by atoms with E-state index in [1.165, 1.54) is 0 Å². The summed E-state index contributed by atoms with van der Waals surface area (Å²) < 4.78 is 8.67. The van der Waals surface area contributed by atoms with Gasteiger partial charge < -0.3 is 9.84 Å². The molecule has 114 valence electrons. The highest BCUT2D eigenvalue weighted by Gasteiger charge is 2.13. The molecule has 0 amide bonds. The molecule has 5 heteroatoms. The van der Waals surface area contributed by atoms with Crippen molar-refractivity contribution in [3.05, 3.63) is 45.7 Å². The maximum atomic E-state index is 9.77. The van der Waals surface area contributed by atoms with E-state index in [9.17, 15) is 5.11 Å². The molecule has 1 aromatic carbocycles. The van der Waals surface area contributed by atoms with Gasteiger partial charge in [-0.2, -0.15) is 5.10 Å². The van der Waals surface area contributed by atoms with Crippen LogP contribution in [0.2, 0.25) is 0 Å². The zero-order valence-electron chi connectivity index (χ0n) is 12.6. The van der Waals surface area contributed by atoms with Crippen molar-refractivity contribution in [1.29, 1.82) is 0 Å². The standard InChI is InChI=1S/C16H21BrN2O2/c1-4-13-16(17)14(19(3)18-13)10-21-12-8-6-11(7-9-12)15(20)5-2/h6-9,15,20H,4-5,10H2,1-3H3. The van der Waals surface area contributed by atoms with E-state index in [4.69, 9.17) is 4.74 Å². The highest BCUT2D eigenvalue weighted by Crippen LogP contribution is 2.24. The van der Waals surface area contributed by atoms with E-state index in [1.54, 1.807) is 0 Å². The second-order valence-corrected chi connectivity index (χ2v) is 5.76. The number of aromatic nitrogens is 2. The van der Waals surface area contributed by atoms with Gasteiger partial charge in [0.05, 0.1) is 22.0 Å². The highest BCUT2D eigenvalue weighted by molar-refractivity contribution is 9.10. The molecule has 0 aliphatic carbocycles. The third-order valence-electron chi connectivity index (χ3n) is 3.53. The molecule has 1 N–H and O–H groups in total. The third kappa shape index (κ3) is 3.66. The lowest BCUT2D eigenvalue weighted by atomic mass is 10.1. The molecule has 0 bridgehead atoms. The topological polar surface area (TPSA) is 47.3 Å². The summed E-state index contributed by atoms with van der Waals surface area (Å²) in [5.74, 6) is 0.785. The van der Waals surface area contributed by atoms with E-state index in [2.05, 4.69) is 28.0 Å². The van der Waals surface area contributed by atoms with Gasteiger partial charge in [0.1, 0.15) is 12.4 Å². The number of aryl methyl sites for hydroxylation is 2. The number of hydrogen-bond acceptors (Lipinski definition) is 3. The van der Waals surface area contributed by atoms with Crippen molar-refractivity contribution in [2.24, 2.45) is 7.05 Å². The highest BCUT2D eigenvalue weighted by atomic mass is 79.9. The van der Waals surface area contributed by atoms with E-state index >= 15 is 0 Å². The van der Waals surface area contributed by atoms with Crippen molar-refractivity contribution < 1.29 is 9.84 Å². The average molecular weight is 353 g/mol. The Morgan fingerprint density at radius 2 is 1.95 bits per heavy atom. The molecular weight excluding hydrogens is 332 g/mol. The van der Waals surface area contributed by atoms with Gasteiger partial charge >= 0.3 is 0 Å². The van der Waals surface area contributed by atoms with Gasteiger partial charge in [-0.3, -0.25) is 4.68 Å². The summed E-state index contributed by atoms with van der Waals surface area (Å²) >= 11 is 3.58. The second kappa shape index (κ2) is 7.09. The van der Waals surface area contributed by atoms with Crippen molar-refractivity contribution in [3.63, 3.8) is 0 Å². The number of aliphatic hydroxyl groups is 1. The molecular formula is C16H21BrN2O2. The van der Waals surface area contributed by atoms with Crippen LogP contribution in [0.5, 0.6) is 5.75 Å². The molecule has 0 spiro atoms. The molecule has 0 aliphatic heterocycles. The number of hydrogen-bond donors (Lipinski definition) is 1. The minimum Gasteiger partial charge on any atom is -0.487 e. The van der Waals surface area contributed by atoms with Crippen LogP contribution in [-0.2, 0) is 20.1 Å². The molecule has 1 unspecified atom stereocenters. The Morgan fingerprint density at radius 3 is 2.48 bits per heavy atom. The van der Waals surface area contributed by atoms with Gasteiger partial charge in [-0.25, -0.2) is 0 Å². The Bertz CT molecular complexity index is 593. The van der Waals surface area contributed by atoms with Crippen LogP contribution in [0.4, 0.5) is 0 Å². The first-order chi connectivity index (χ1) is 10.1. The summed E-state index contributed by atoms with van der Waals surface area (Å²) in [4.78, 5) is 0. The molecule has 1 aromatic heterocycles. The smallest absolute Gasteiger partial charge is 0.131 e. The maximum Gasteiger partial charge on any atom is 0.131 e. The lowest BCUT2D eigenvalue weighted by molar-refractivity contribution is 0.173. The largest absolute Gasteiger partial charge is 0.487 e. The Morgan fingerprint density at radius 1 is 1.29 bits per heavy atom. The number of ether oxygens (including phenoxy) is 1. The first-order valence-corrected chi connectivity index (χ1v) is 7.97. The van der Waals surface area contributed by atoms with Crippen molar-refractivity contribution in [2.45, 2.75) is 39.4 Å². The van der Waals surface area contributed by atoms with Crippen molar-refractivity contribution in [3.8, 4) is 5.75 Å². The fourth-order valence-corrected chi connectivity index (χ4v) is 2.88. The molecule has 0 saturated carbocycles. The summed E-state index contributed by atoms with van der Waals surface area (Å²) in [5, 5.41) is 14.2. The van der Waals surface area contributed by atoms with Crippen molar-refractivity contribution >= 4 is 15.9 Å². The molecule has 4 nitrogen and oxygen atoms in total. The summed E-state index contributed by atoms with van der Waals surface area (Å²) in [5.41, 5.74) is 2.97. The normalized spacial score (nSPS) is 12.4. The first-order valence-electron chi connectivity index (χ1n) is 7.17. The summed E-state index contributed by atoms with van der Waals surface area (Å²) in [7, 11) is 1.92. The predicted molar refractivity (Wildman–Crippen MR) is 86.3 cm³/mol. The van der Waals surface area contributed by atoms with E-state index in [0.29, 0.717) is 13.0 Å². The number of rotatable bonds is 6. The number of benzene rings is 1. The van der Waals surface area contributed by atoms with Crippen LogP contribution in [0.1, 0.15) is 43.3 Å². The summed E-state index contributed by atoms with van der Waals surface area (Å²) in [6.45, 7) is 4.50. The van der Waals surface area contributed by atoms with Gasteiger partial charge in [0, 0.05) is 7.05 Å². The SMILES string of the molecule is CCc1nn(C)c(COc2ccc(C(O)CC)cc2)c1Br. The van der Waals surface area contributed by atoms with Crippen LogP contribution < -0.4 is 4.74 Å². The molecule has 0 aliphatic rings. The molecule has 21 heavy (non-hydrogen) atoms. The van der Waals surface area contributed by atoms with Crippen molar-refractivity contribution in [1.82, 2.24) is 9.78 Å². The zero-order valence-corrected chi connectivity index (χ0v) is 14.2. The lowest BCUT2D eigenvalue weighted by Crippen LogP contribution is -2.04. The van der Waals surface area contributed by atoms with Crippen LogP contribution in [0.25, 0.3) is 0 Å².